The van der Waals surface area contributed by atoms with Crippen molar-refractivity contribution in [3.63, 3.8) is 0 Å². The summed E-state index contributed by atoms with van der Waals surface area (Å²) < 4.78 is 11.2. The minimum atomic E-state index is 0.257. The van der Waals surface area contributed by atoms with Crippen molar-refractivity contribution in [1.82, 2.24) is 19.9 Å². The van der Waals surface area contributed by atoms with Gasteiger partial charge in [0.2, 0.25) is 12.7 Å². The van der Waals surface area contributed by atoms with Crippen LogP contribution in [0.15, 0.2) is 54.7 Å². The largest absolute Gasteiger partial charge is 0.454 e. The molecule has 1 fully saturated rings. The van der Waals surface area contributed by atoms with Gasteiger partial charge in [-0.25, -0.2) is 4.98 Å². The molecule has 0 aliphatic carbocycles. The fourth-order valence-electron chi connectivity index (χ4n) is 5.24. The number of hydrogen-bond acceptors (Lipinski definition) is 9. The number of pyridine rings is 1. The van der Waals surface area contributed by atoms with E-state index in [9.17, 15) is 0 Å². The van der Waals surface area contributed by atoms with Crippen molar-refractivity contribution in [3.8, 4) is 11.5 Å². The highest BCUT2D eigenvalue weighted by Crippen LogP contribution is 2.33. The van der Waals surface area contributed by atoms with Crippen molar-refractivity contribution in [1.29, 1.82) is 0 Å². The summed E-state index contributed by atoms with van der Waals surface area (Å²) in [5.74, 6) is 3.26. The average Bonchev–Trinajstić information content (AvgIpc) is 3.44. The van der Waals surface area contributed by atoms with Gasteiger partial charge in [-0.2, -0.15) is 4.98 Å². The number of piperazine rings is 1. The van der Waals surface area contributed by atoms with E-state index in [0.717, 1.165) is 83.8 Å². The van der Waals surface area contributed by atoms with Gasteiger partial charge in [0.05, 0.1) is 5.52 Å². The summed E-state index contributed by atoms with van der Waals surface area (Å²) in [5.41, 5.74) is 3.95. The standard InChI is InChI=1S/C30H34ClN7O2/c1-3-36-12-14-37(15-13-36)29-16-21(2)34-30(35-29)38(19-22-4-7-27-28(17-22)40-20-39-27)11-10-33-25-8-9-32-26-18-23(31)5-6-24(25)26/h4-9,16-18H,3,10-15,19-20H2,1-2H3,(H,32,33). The van der Waals surface area contributed by atoms with Crippen LogP contribution in [0.25, 0.3) is 10.9 Å². The van der Waals surface area contributed by atoms with Gasteiger partial charge in [0.25, 0.3) is 0 Å². The molecule has 1 saturated heterocycles. The molecule has 4 heterocycles. The van der Waals surface area contributed by atoms with E-state index in [1.165, 1.54) is 0 Å². The Bertz CT molecular complexity index is 1490. The van der Waals surface area contributed by atoms with Crippen molar-refractivity contribution in [3.05, 3.63) is 71.0 Å². The zero-order chi connectivity index (χ0) is 27.5. The summed E-state index contributed by atoms with van der Waals surface area (Å²) in [7, 11) is 0. The van der Waals surface area contributed by atoms with Crippen LogP contribution in [-0.4, -0.2) is 72.5 Å². The highest BCUT2D eigenvalue weighted by atomic mass is 35.5. The van der Waals surface area contributed by atoms with Crippen LogP contribution in [0.1, 0.15) is 18.2 Å². The van der Waals surface area contributed by atoms with E-state index in [1.807, 2.05) is 43.3 Å². The van der Waals surface area contributed by atoms with E-state index in [2.05, 4.69) is 44.1 Å². The molecule has 9 nitrogen and oxygen atoms in total. The van der Waals surface area contributed by atoms with Gasteiger partial charge in [-0.1, -0.05) is 24.6 Å². The zero-order valence-corrected chi connectivity index (χ0v) is 23.7. The SMILES string of the molecule is CCN1CCN(c2cc(C)nc(N(CCNc3ccnc4cc(Cl)ccc34)Cc3ccc4c(c3)OCO4)n2)CC1. The minimum absolute atomic E-state index is 0.257. The molecular weight excluding hydrogens is 526 g/mol. The van der Waals surface area contributed by atoms with Gasteiger partial charge >= 0.3 is 0 Å². The Balaban J connectivity index is 1.25. The number of rotatable bonds is 9. The van der Waals surface area contributed by atoms with Crippen molar-refractivity contribution < 1.29 is 9.47 Å². The minimum Gasteiger partial charge on any atom is -0.454 e. The Morgan fingerprint density at radius 1 is 0.975 bits per heavy atom. The second-order valence-electron chi connectivity index (χ2n) is 10.1. The monoisotopic (exact) mass is 559 g/mol. The predicted octanol–water partition coefficient (Wildman–Crippen LogP) is 4.98. The lowest BCUT2D eigenvalue weighted by Gasteiger charge is -2.35. The number of nitrogens with zero attached hydrogens (tertiary/aromatic N) is 6. The topological polar surface area (TPSA) is 78.9 Å². The summed E-state index contributed by atoms with van der Waals surface area (Å²) in [4.78, 5) is 21.5. The Labute approximate surface area is 239 Å². The summed E-state index contributed by atoms with van der Waals surface area (Å²) in [6, 6.07) is 16.0. The maximum Gasteiger partial charge on any atom is 0.231 e. The molecule has 2 aromatic carbocycles. The maximum absolute atomic E-state index is 6.19. The maximum atomic E-state index is 6.19. The second-order valence-corrected chi connectivity index (χ2v) is 10.6. The molecule has 0 amide bonds. The Morgan fingerprint density at radius 2 is 1.82 bits per heavy atom. The molecule has 6 rings (SSSR count). The summed E-state index contributed by atoms with van der Waals surface area (Å²) >= 11 is 6.19. The lowest BCUT2D eigenvalue weighted by atomic mass is 10.2. The number of nitrogens with one attached hydrogen (secondary N) is 1. The Morgan fingerprint density at radius 3 is 2.67 bits per heavy atom. The van der Waals surface area contributed by atoms with E-state index in [0.29, 0.717) is 24.7 Å². The number of likely N-dealkylation sites (N-methyl/N-ethyl adjacent to an activating group) is 1. The first-order valence-corrected chi connectivity index (χ1v) is 14.2. The molecular formula is C30H34ClN7O2. The van der Waals surface area contributed by atoms with E-state index < -0.39 is 0 Å². The average molecular weight is 560 g/mol. The summed E-state index contributed by atoms with van der Waals surface area (Å²) in [5, 5.41) is 5.31. The van der Waals surface area contributed by atoms with Crippen LogP contribution >= 0.6 is 11.6 Å². The van der Waals surface area contributed by atoms with E-state index >= 15 is 0 Å². The lowest BCUT2D eigenvalue weighted by molar-refractivity contribution is 0.174. The van der Waals surface area contributed by atoms with Gasteiger partial charge in [-0.05, 0) is 55.4 Å². The van der Waals surface area contributed by atoms with Crippen LogP contribution in [0.2, 0.25) is 5.02 Å². The summed E-state index contributed by atoms with van der Waals surface area (Å²) in [6.07, 6.45) is 1.81. The lowest BCUT2D eigenvalue weighted by Crippen LogP contribution is -2.46. The third kappa shape index (κ3) is 5.85. The van der Waals surface area contributed by atoms with E-state index in [-0.39, 0.29) is 6.79 Å². The first-order valence-electron chi connectivity index (χ1n) is 13.8. The van der Waals surface area contributed by atoms with Crippen molar-refractivity contribution in [2.75, 3.05) is 67.7 Å². The normalized spacial score (nSPS) is 15.0. The molecule has 1 N–H and O–H groups in total. The molecule has 2 aliphatic rings. The number of halogens is 1. The Kier molecular flexibility index (Phi) is 7.75. The highest BCUT2D eigenvalue weighted by molar-refractivity contribution is 6.31. The molecule has 0 atom stereocenters. The zero-order valence-electron chi connectivity index (χ0n) is 22.9. The van der Waals surface area contributed by atoms with Gasteiger partial charge < -0.3 is 29.5 Å². The number of ether oxygens (including phenoxy) is 2. The fourth-order valence-corrected chi connectivity index (χ4v) is 5.41. The number of hydrogen-bond donors (Lipinski definition) is 1. The van der Waals surface area contributed by atoms with Crippen LogP contribution in [0.4, 0.5) is 17.5 Å². The van der Waals surface area contributed by atoms with Crippen LogP contribution in [0.5, 0.6) is 11.5 Å². The van der Waals surface area contributed by atoms with Crippen molar-refractivity contribution in [2.24, 2.45) is 0 Å². The third-order valence-electron chi connectivity index (χ3n) is 7.47. The molecule has 0 radical (unpaired) electrons. The van der Waals surface area contributed by atoms with Crippen LogP contribution < -0.4 is 24.6 Å². The van der Waals surface area contributed by atoms with Gasteiger partial charge in [0.1, 0.15) is 5.82 Å². The van der Waals surface area contributed by atoms with Gasteiger partial charge in [-0.15, -0.1) is 0 Å². The number of anilines is 3. The Hall–Kier alpha value is -3.82. The fraction of sp³-hybridized carbons (Fsp3) is 0.367. The van der Waals surface area contributed by atoms with Crippen LogP contribution in [-0.2, 0) is 6.54 Å². The van der Waals surface area contributed by atoms with Crippen molar-refractivity contribution in [2.45, 2.75) is 20.4 Å². The van der Waals surface area contributed by atoms with Gasteiger partial charge in [0.15, 0.2) is 11.5 Å². The van der Waals surface area contributed by atoms with Crippen LogP contribution in [0.3, 0.4) is 0 Å². The van der Waals surface area contributed by atoms with Crippen LogP contribution in [0, 0.1) is 6.92 Å². The molecule has 10 heteroatoms. The number of aryl methyl sites for hydroxylation is 1. The number of fused-ring (bicyclic) bond motifs is 2. The van der Waals surface area contributed by atoms with Crippen molar-refractivity contribution >= 4 is 40.0 Å². The smallest absolute Gasteiger partial charge is 0.231 e. The van der Waals surface area contributed by atoms with Gasteiger partial charge in [-0.3, -0.25) is 4.98 Å². The molecule has 0 bridgehead atoms. The quantitative estimate of drug-likeness (QED) is 0.305. The number of aromatic nitrogens is 3. The first kappa shape index (κ1) is 26.4. The van der Waals surface area contributed by atoms with E-state index in [1.54, 1.807) is 6.20 Å². The molecule has 2 aromatic heterocycles. The van der Waals surface area contributed by atoms with E-state index in [4.69, 9.17) is 31.0 Å². The first-order chi connectivity index (χ1) is 19.6. The summed E-state index contributed by atoms with van der Waals surface area (Å²) in [6.45, 7) is 11.6. The molecule has 40 heavy (non-hydrogen) atoms. The molecule has 2 aliphatic heterocycles. The third-order valence-corrected chi connectivity index (χ3v) is 7.70. The van der Waals surface area contributed by atoms with Gasteiger partial charge in [0, 0.05) is 79.9 Å². The highest BCUT2D eigenvalue weighted by Gasteiger charge is 2.21. The molecule has 4 aromatic rings. The predicted molar refractivity (Wildman–Crippen MR) is 160 cm³/mol. The number of benzene rings is 2. The second kappa shape index (κ2) is 11.7. The molecule has 208 valence electrons. The molecule has 0 spiro atoms. The molecule has 0 unspecified atom stereocenters. The molecule has 0 saturated carbocycles.